The summed E-state index contributed by atoms with van der Waals surface area (Å²) in [6.07, 6.45) is 3.09. The number of Topliss-reactive ketones (excluding diaryl/α,β-unsaturated/α-hetero) is 1. The summed E-state index contributed by atoms with van der Waals surface area (Å²) in [7, 11) is 0. The molecule has 0 heterocycles. The predicted molar refractivity (Wildman–Crippen MR) is 52.5 cm³/mol. The molecule has 1 saturated carbocycles. The lowest BCUT2D eigenvalue weighted by Gasteiger charge is -2.02. The van der Waals surface area contributed by atoms with E-state index >= 15 is 0 Å². The second-order valence-electron chi connectivity index (χ2n) is 3.66. The van der Waals surface area contributed by atoms with Gasteiger partial charge in [0.05, 0.1) is 0 Å². The highest BCUT2D eigenvalue weighted by Gasteiger charge is 2.25. The standard InChI is InChI=1S/C11H13NO/c12-10-4-2-1-3-9(10)11(13)7-8-5-6-8/h1-4,8H,5-7,12H2. The zero-order chi connectivity index (χ0) is 9.26. The van der Waals surface area contributed by atoms with Gasteiger partial charge in [0.15, 0.2) is 5.78 Å². The Kier molecular flexibility index (Phi) is 2.05. The molecular formula is C11H13NO. The summed E-state index contributed by atoms with van der Waals surface area (Å²) in [4.78, 5) is 11.6. The van der Waals surface area contributed by atoms with E-state index in [0.29, 0.717) is 23.6 Å². The fourth-order valence-electron chi connectivity index (χ4n) is 1.45. The molecule has 0 aromatic heterocycles. The molecule has 2 N–H and O–H groups in total. The number of anilines is 1. The van der Waals surface area contributed by atoms with Crippen molar-refractivity contribution >= 4 is 11.5 Å². The van der Waals surface area contributed by atoms with Crippen molar-refractivity contribution in [3.8, 4) is 0 Å². The first-order valence-corrected chi connectivity index (χ1v) is 4.65. The van der Waals surface area contributed by atoms with Crippen molar-refractivity contribution in [3.63, 3.8) is 0 Å². The van der Waals surface area contributed by atoms with Gasteiger partial charge in [0.1, 0.15) is 0 Å². The molecule has 1 aliphatic carbocycles. The summed E-state index contributed by atoms with van der Waals surface area (Å²) in [5, 5.41) is 0. The highest BCUT2D eigenvalue weighted by Crippen LogP contribution is 2.33. The summed E-state index contributed by atoms with van der Waals surface area (Å²) in [5.41, 5.74) is 6.99. The molecule has 0 aliphatic heterocycles. The minimum atomic E-state index is 0.195. The van der Waals surface area contributed by atoms with Gasteiger partial charge in [-0.05, 0) is 30.9 Å². The number of carbonyl (C=O) groups excluding carboxylic acids is 1. The third-order valence-corrected chi connectivity index (χ3v) is 2.43. The van der Waals surface area contributed by atoms with Crippen molar-refractivity contribution in [2.24, 2.45) is 5.92 Å². The first kappa shape index (κ1) is 8.30. The maximum atomic E-state index is 11.6. The highest BCUT2D eigenvalue weighted by atomic mass is 16.1. The largest absolute Gasteiger partial charge is 0.398 e. The average Bonchev–Trinajstić information content (AvgIpc) is 2.89. The summed E-state index contributed by atoms with van der Waals surface area (Å²) < 4.78 is 0. The Morgan fingerprint density at radius 2 is 2.08 bits per heavy atom. The summed E-state index contributed by atoms with van der Waals surface area (Å²) >= 11 is 0. The van der Waals surface area contributed by atoms with Crippen LogP contribution in [0.2, 0.25) is 0 Å². The number of rotatable bonds is 3. The molecule has 1 aromatic rings. The molecule has 68 valence electrons. The quantitative estimate of drug-likeness (QED) is 0.565. The molecule has 1 aliphatic rings. The van der Waals surface area contributed by atoms with Crippen LogP contribution in [0.25, 0.3) is 0 Å². The third kappa shape index (κ3) is 1.89. The topological polar surface area (TPSA) is 43.1 Å². The Morgan fingerprint density at radius 1 is 1.38 bits per heavy atom. The molecule has 2 rings (SSSR count). The van der Waals surface area contributed by atoms with Gasteiger partial charge in [-0.25, -0.2) is 0 Å². The highest BCUT2D eigenvalue weighted by molar-refractivity contribution is 6.00. The Labute approximate surface area is 77.8 Å². The minimum absolute atomic E-state index is 0.195. The van der Waals surface area contributed by atoms with Gasteiger partial charge in [-0.15, -0.1) is 0 Å². The number of ketones is 1. The molecule has 0 unspecified atom stereocenters. The summed E-state index contributed by atoms with van der Waals surface area (Å²) in [6, 6.07) is 7.29. The molecule has 0 bridgehead atoms. The summed E-state index contributed by atoms with van der Waals surface area (Å²) in [5.74, 6) is 0.827. The van der Waals surface area contributed by atoms with Gasteiger partial charge in [-0.3, -0.25) is 4.79 Å². The first-order chi connectivity index (χ1) is 6.27. The van der Waals surface area contributed by atoms with E-state index in [1.54, 1.807) is 12.1 Å². The van der Waals surface area contributed by atoms with Crippen LogP contribution in [0.5, 0.6) is 0 Å². The Morgan fingerprint density at radius 3 is 2.69 bits per heavy atom. The van der Waals surface area contributed by atoms with Crippen molar-refractivity contribution in [2.45, 2.75) is 19.3 Å². The summed E-state index contributed by atoms with van der Waals surface area (Å²) in [6.45, 7) is 0. The van der Waals surface area contributed by atoms with Crippen molar-refractivity contribution in [3.05, 3.63) is 29.8 Å². The smallest absolute Gasteiger partial charge is 0.165 e. The zero-order valence-electron chi connectivity index (χ0n) is 7.49. The maximum Gasteiger partial charge on any atom is 0.165 e. The van der Waals surface area contributed by atoms with Crippen LogP contribution in [0.4, 0.5) is 5.69 Å². The van der Waals surface area contributed by atoms with Crippen LogP contribution in [0, 0.1) is 5.92 Å². The van der Waals surface area contributed by atoms with E-state index < -0.39 is 0 Å². The van der Waals surface area contributed by atoms with Gasteiger partial charge >= 0.3 is 0 Å². The zero-order valence-corrected chi connectivity index (χ0v) is 7.49. The Balaban J connectivity index is 2.13. The van der Waals surface area contributed by atoms with Gasteiger partial charge in [0.25, 0.3) is 0 Å². The van der Waals surface area contributed by atoms with Gasteiger partial charge in [-0.2, -0.15) is 0 Å². The number of para-hydroxylation sites is 1. The molecule has 1 aromatic carbocycles. The van der Waals surface area contributed by atoms with Crippen molar-refractivity contribution in [1.82, 2.24) is 0 Å². The van der Waals surface area contributed by atoms with Crippen LogP contribution in [-0.4, -0.2) is 5.78 Å². The van der Waals surface area contributed by atoms with Crippen LogP contribution in [-0.2, 0) is 0 Å². The number of hydrogen-bond acceptors (Lipinski definition) is 2. The molecule has 0 spiro atoms. The van der Waals surface area contributed by atoms with E-state index in [1.807, 2.05) is 12.1 Å². The predicted octanol–water partition coefficient (Wildman–Crippen LogP) is 2.25. The Bertz CT molecular complexity index is 329. The van der Waals surface area contributed by atoms with Gasteiger partial charge in [-0.1, -0.05) is 12.1 Å². The van der Waals surface area contributed by atoms with Crippen molar-refractivity contribution in [2.75, 3.05) is 5.73 Å². The van der Waals surface area contributed by atoms with E-state index in [4.69, 9.17) is 5.73 Å². The molecular weight excluding hydrogens is 162 g/mol. The van der Waals surface area contributed by atoms with Crippen molar-refractivity contribution in [1.29, 1.82) is 0 Å². The van der Waals surface area contributed by atoms with E-state index in [1.165, 1.54) is 12.8 Å². The van der Waals surface area contributed by atoms with Crippen molar-refractivity contribution < 1.29 is 4.79 Å². The fourth-order valence-corrected chi connectivity index (χ4v) is 1.45. The second-order valence-corrected chi connectivity index (χ2v) is 3.66. The lowest BCUT2D eigenvalue weighted by molar-refractivity contribution is 0.0977. The lowest BCUT2D eigenvalue weighted by atomic mass is 10.0. The molecule has 0 amide bonds. The molecule has 2 heteroatoms. The SMILES string of the molecule is Nc1ccccc1C(=O)CC1CC1. The monoisotopic (exact) mass is 175 g/mol. The maximum absolute atomic E-state index is 11.6. The average molecular weight is 175 g/mol. The van der Waals surface area contributed by atoms with Gasteiger partial charge in [0.2, 0.25) is 0 Å². The van der Waals surface area contributed by atoms with Crippen LogP contribution in [0.1, 0.15) is 29.6 Å². The minimum Gasteiger partial charge on any atom is -0.398 e. The van der Waals surface area contributed by atoms with Crippen LogP contribution in [0.3, 0.4) is 0 Å². The second kappa shape index (κ2) is 3.21. The molecule has 2 nitrogen and oxygen atoms in total. The Hall–Kier alpha value is -1.31. The van der Waals surface area contributed by atoms with E-state index in [-0.39, 0.29) is 5.78 Å². The normalized spacial score (nSPS) is 15.7. The third-order valence-electron chi connectivity index (χ3n) is 2.43. The van der Waals surface area contributed by atoms with Crippen LogP contribution >= 0.6 is 0 Å². The number of carbonyl (C=O) groups is 1. The van der Waals surface area contributed by atoms with Crippen LogP contribution < -0.4 is 5.73 Å². The molecule has 0 saturated heterocycles. The van der Waals surface area contributed by atoms with E-state index in [9.17, 15) is 4.79 Å². The number of hydrogen-bond donors (Lipinski definition) is 1. The molecule has 13 heavy (non-hydrogen) atoms. The fraction of sp³-hybridized carbons (Fsp3) is 0.364. The molecule has 0 atom stereocenters. The van der Waals surface area contributed by atoms with E-state index in [0.717, 1.165) is 0 Å². The molecule has 1 fully saturated rings. The van der Waals surface area contributed by atoms with E-state index in [2.05, 4.69) is 0 Å². The number of nitrogens with two attached hydrogens (primary N) is 1. The van der Waals surface area contributed by atoms with Gasteiger partial charge < -0.3 is 5.73 Å². The van der Waals surface area contributed by atoms with Gasteiger partial charge in [0, 0.05) is 17.7 Å². The van der Waals surface area contributed by atoms with Crippen LogP contribution in [0.15, 0.2) is 24.3 Å². The number of nitrogen functional groups attached to an aromatic ring is 1. The lowest BCUT2D eigenvalue weighted by Crippen LogP contribution is -2.03. The first-order valence-electron chi connectivity index (χ1n) is 4.65. The molecule has 0 radical (unpaired) electrons. The number of benzene rings is 1.